The molecule has 0 bridgehead atoms. The molecular weight excluding hydrogens is 309 g/mol. The van der Waals surface area contributed by atoms with Gasteiger partial charge in [0, 0.05) is 29.8 Å². The average molecular weight is 330 g/mol. The molecule has 2 rings (SSSR count). The zero-order valence-corrected chi connectivity index (χ0v) is 13.7. The molecule has 1 fully saturated rings. The number of halogens is 2. The maximum absolute atomic E-state index is 5.89. The van der Waals surface area contributed by atoms with Gasteiger partial charge in [-0.25, -0.2) is 0 Å². The van der Waals surface area contributed by atoms with Crippen molar-refractivity contribution in [2.45, 2.75) is 38.8 Å². The van der Waals surface area contributed by atoms with E-state index >= 15 is 0 Å². The van der Waals surface area contributed by atoms with Crippen LogP contribution in [0.15, 0.2) is 28.8 Å². The van der Waals surface area contributed by atoms with E-state index in [9.17, 15) is 0 Å². The molecule has 0 atom stereocenters. The lowest BCUT2D eigenvalue weighted by Gasteiger charge is -2.14. The summed E-state index contributed by atoms with van der Waals surface area (Å²) < 4.78 is 11.4. The van der Waals surface area contributed by atoms with E-state index in [0.717, 1.165) is 30.0 Å². The van der Waals surface area contributed by atoms with Crippen LogP contribution in [0, 0.1) is 0 Å². The predicted octanol–water partition coefficient (Wildman–Crippen LogP) is 4.43. The Morgan fingerprint density at radius 1 is 1.38 bits per heavy atom. The molecule has 1 aliphatic rings. The quantitative estimate of drug-likeness (QED) is 0.727. The minimum absolute atomic E-state index is 0.263. The van der Waals surface area contributed by atoms with E-state index in [1.54, 1.807) is 0 Å². The third-order valence-electron chi connectivity index (χ3n) is 3.15. The van der Waals surface area contributed by atoms with Gasteiger partial charge in [0.1, 0.15) is 18.1 Å². The van der Waals surface area contributed by atoms with Crippen molar-refractivity contribution in [3.8, 4) is 11.5 Å². The van der Waals surface area contributed by atoms with Crippen LogP contribution < -0.4 is 14.8 Å². The lowest BCUT2D eigenvalue weighted by Crippen LogP contribution is -2.16. The molecule has 1 N–H and O–H groups in total. The fraction of sp³-hybridized carbons (Fsp3) is 0.500. The van der Waals surface area contributed by atoms with Crippen LogP contribution in [0.2, 0.25) is 0 Å². The van der Waals surface area contributed by atoms with Crippen molar-refractivity contribution in [3.63, 3.8) is 0 Å². The van der Waals surface area contributed by atoms with Crippen molar-refractivity contribution in [2.75, 3.05) is 13.2 Å². The summed E-state index contributed by atoms with van der Waals surface area (Å²) in [6, 6.07) is 6.58. The van der Waals surface area contributed by atoms with E-state index in [1.165, 1.54) is 18.4 Å². The minimum atomic E-state index is 0.263. The third kappa shape index (κ3) is 5.77. The molecule has 21 heavy (non-hydrogen) atoms. The Morgan fingerprint density at radius 3 is 2.86 bits per heavy atom. The number of hydrogen-bond donors (Lipinski definition) is 1. The second-order valence-corrected chi connectivity index (χ2v) is 5.82. The summed E-state index contributed by atoms with van der Waals surface area (Å²) in [7, 11) is 0. The molecule has 0 aromatic heterocycles. The number of ether oxygens (including phenoxy) is 2. The number of hydrogen-bond acceptors (Lipinski definition) is 3. The molecular formula is C16H21Cl2NO2. The largest absolute Gasteiger partial charge is 0.493 e. The monoisotopic (exact) mass is 329 g/mol. The Bertz CT molecular complexity index is 487. The zero-order chi connectivity index (χ0) is 15.1. The number of rotatable bonds is 9. The number of benzene rings is 1. The van der Waals surface area contributed by atoms with Crippen LogP contribution in [0.1, 0.15) is 31.7 Å². The van der Waals surface area contributed by atoms with Gasteiger partial charge in [0.2, 0.25) is 0 Å². The van der Waals surface area contributed by atoms with E-state index in [-0.39, 0.29) is 6.61 Å². The molecule has 0 spiro atoms. The van der Waals surface area contributed by atoms with Crippen molar-refractivity contribution in [3.05, 3.63) is 34.3 Å². The van der Waals surface area contributed by atoms with Crippen molar-refractivity contribution in [2.24, 2.45) is 0 Å². The molecule has 1 aliphatic carbocycles. The molecule has 0 aliphatic heterocycles. The van der Waals surface area contributed by atoms with Gasteiger partial charge in [-0.15, -0.1) is 0 Å². The lowest BCUT2D eigenvalue weighted by molar-refractivity contribution is 0.310. The highest BCUT2D eigenvalue weighted by molar-refractivity contribution is 6.36. The molecule has 5 heteroatoms. The predicted molar refractivity (Wildman–Crippen MR) is 87.4 cm³/mol. The molecule has 0 unspecified atom stereocenters. The minimum Gasteiger partial charge on any atom is -0.493 e. The van der Waals surface area contributed by atoms with Gasteiger partial charge in [-0.1, -0.05) is 36.2 Å². The fourth-order valence-corrected chi connectivity index (χ4v) is 1.96. The first kappa shape index (κ1) is 16.5. The Morgan fingerprint density at radius 2 is 2.19 bits per heavy atom. The van der Waals surface area contributed by atoms with Gasteiger partial charge in [-0.2, -0.15) is 0 Å². The zero-order valence-electron chi connectivity index (χ0n) is 12.2. The van der Waals surface area contributed by atoms with Gasteiger partial charge in [-0.05, 0) is 25.3 Å². The molecule has 116 valence electrons. The van der Waals surface area contributed by atoms with Crippen LogP contribution in [0.4, 0.5) is 0 Å². The van der Waals surface area contributed by atoms with Crippen LogP contribution in [0.25, 0.3) is 0 Å². The van der Waals surface area contributed by atoms with Crippen molar-refractivity contribution >= 4 is 23.2 Å². The Balaban J connectivity index is 2.04. The highest BCUT2D eigenvalue weighted by Gasteiger charge is 2.20. The van der Waals surface area contributed by atoms with Crippen molar-refractivity contribution in [1.29, 1.82) is 0 Å². The Hall–Kier alpha value is -0.900. The summed E-state index contributed by atoms with van der Waals surface area (Å²) in [4.78, 5) is 0. The summed E-state index contributed by atoms with van der Waals surface area (Å²) >= 11 is 11.4. The van der Waals surface area contributed by atoms with Gasteiger partial charge < -0.3 is 14.8 Å². The summed E-state index contributed by atoms with van der Waals surface area (Å²) in [5.41, 5.74) is 2.42. The van der Waals surface area contributed by atoms with E-state index in [1.807, 2.05) is 18.2 Å². The summed E-state index contributed by atoms with van der Waals surface area (Å²) in [5.74, 6) is 1.60. The summed E-state index contributed by atoms with van der Waals surface area (Å²) in [5, 5.41) is 3.95. The molecule has 0 saturated heterocycles. The summed E-state index contributed by atoms with van der Waals surface area (Å²) in [6.45, 7) is 3.83. The first-order valence-corrected chi connectivity index (χ1v) is 8.11. The van der Waals surface area contributed by atoms with Crippen molar-refractivity contribution in [1.82, 2.24) is 5.32 Å². The highest BCUT2D eigenvalue weighted by atomic mass is 35.5. The molecule has 0 amide bonds. The first-order valence-electron chi connectivity index (χ1n) is 7.29. The van der Waals surface area contributed by atoms with Gasteiger partial charge in [-0.3, -0.25) is 0 Å². The molecule has 1 aromatic rings. The van der Waals surface area contributed by atoms with Gasteiger partial charge in [0.05, 0.1) is 11.6 Å². The molecule has 0 heterocycles. The maximum Gasteiger partial charge on any atom is 0.128 e. The third-order valence-corrected chi connectivity index (χ3v) is 3.75. The van der Waals surface area contributed by atoms with Crippen LogP contribution in [-0.2, 0) is 6.54 Å². The highest BCUT2D eigenvalue weighted by Crippen LogP contribution is 2.27. The van der Waals surface area contributed by atoms with E-state index < -0.39 is 0 Å². The van der Waals surface area contributed by atoms with Crippen molar-refractivity contribution < 1.29 is 9.47 Å². The molecule has 3 nitrogen and oxygen atoms in total. The molecule has 0 radical (unpaired) electrons. The fourth-order valence-electron chi connectivity index (χ4n) is 1.84. The second kappa shape index (κ2) is 8.52. The molecule has 1 aromatic carbocycles. The van der Waals surface area contributed by atoms with Crippen LogP contribution in [0.5, 0.6) is 11.5 Å². The first-order chi connectivity index (χ1) is 10.2. The average Bonchev–Trinajstić information content (AvgIpc) is 3.33. The van der Waals surface area contributed by atoms with Crippen LogP contribution in [-0.4, -0.2) is 19.3 Å². The van der Waals surface area contributed by atoms with Crippen LogP contribution in [0.3, 0.4) is 0 Å². The Labute approximate surface area is 136 Å². The van der Waals surface area contributed by atoms with Crippen LogP contribution >= 0.6 is 23.2 Å². The van der Waals surface area contributed by atoms with Gasteiger partial charge >= 0.3 is 0 Å². The molecule has 1 saturated carbocycles. The smallest absolute Gasteiger partial charge is 0.128 e. The lowest BCUT2D eigenvalue weighted by atomic mass is 10.2. The second-order valence-electron chi connectivity index (χ2n) is 5.12. The van der Waals surface area contributed by atoms with E-state index in [0.29, 0.717) is 17.7 Å². The van der Waals surface area contributed by atoms with Gasteiger partial charge in [0.15, 0.2) is 0 Å². The number of nitrogens with one attached hydrogen (secondary N) is 1. The van der Waals surface area contributed by atoms with E-state index in [4.69, 9.17) is 32.7 Å². The Kier molecular flexibility index (Phi) is 6.68. The standard InChI is InChI=1S/C16H21Cl2NO2/c1-2-7-20-15-6-3-12(10-19-14-4-5-14)16(8-15)21-11-13(18)9-17/h3,6,8-9,14,19H,2,4-5,7,10-11H2,1H3. The topological polar surface area (TPSA) is 30.5 Å². The normalized spacial score (nSPS) is 15.1. The van der Waals surface area contributed by atoms with E-state index in [2.05, 4.69) is 12.2 Å². The summed E-state index contributed by atoms with van der Waals surface area (Å²) in [6.07, 6.45) is 3.49. The van der Waals surface area contributed by atoms with Gasteiger partial charge in [0.25, 0.3) is 0 Å². The maximum atomic E-state index is 5.89. The SMILES string of the molecule is CCCOc1ccc(CNC2CC2)c(OCC(Cl)=CCl)c1.